The third kappa shape index (κ3) is 8.16. The Morgan fingerprint density at radius 2 is 1.47 bits per heavy atom. The molecule has 1 unspecified atom stereocenters. The quantitative estimate of drug-likeness (QED) is 0.198. The Morgan fingerprint density at radius 1 is 0.837 bits per heavy atom. The lowest BCUT2D eigenvalue weighted by molar-refractivity contribution is -0.140. The number of amides is 2. The minimum atomic E-state index is -4.25. The van der Waals surface area contributed by atoms with Gasteiger partial charge in [0.2, 0.25) is 11.8 Å². The second-order valence-corrected chi connectivity index (χ2v) is 12.7. The average molecular weight is 639 g/mol. The predicted molar refractivity (Wildman–Crippen MR) is 172 cm³/mol. The molecule has 2 amide bonds. The van der Waals surface area contributed by atoms with Gasteiger partial charge in [0.15, 0.2) is 0 Å². The van der Waals surface area contributed by atoms with E-state index in [0.29, 0.717) is 11.6 Å². The molecule has 224 valence electrons. The van der Waals surface area contributed by atoms with Gasteiger partial charge in [0.05, 0.1) is 15.6 Å². The summed E-state index contributed by atoms with van der Waals surface area (Å²) in [5.74, 6) is -0.910. The molecule has 0 aliphatic rings. The summed E-state index contributed by atoms with van der Waals surface area (Å²) in [7, 11) is -4.25. The number of aryl methyl sites for hydroxylation is 1. The fourth-order valence-electron chi connectivity index (χ4n) is 4.65. The van der Waals surface area contributed by atoms with Gasteiger partial charge in [-0.3, -0.25) is 13.9 Å². The van der Waals surface area contributed by atoms with Crippen molar-refractivity contribution in [3.63, 3.8) is 0 Å². The van der Waals surface area contributed by atoms with Gasteiger partial charge < -0.3 is 10.2 Å². The largest absolute Gasteiger partial charge is 0.355 e. The Bertz CT molecular complexity index is 1650. The van der Waals surface area contributed by atoms with Crippen molar-refractivity contribution in [1.82, 2.24) is 10.2 Å². The van der Waals surface area contributed by atoms with E-state index in [9.17, 15) is 18.0 Å². The standard InChI is InChI=1S/C33H33Cl2N3O4S/c1-3-36-33(40)31(20-25-10-6-4-7-11-25)37(22-26-16-14-24(2)15-17-26)32(39)23-38(30-19-18-27(34)21-29(30)35)43(41,42)28-12-8-5-9-13-28/h4-19,21,31H,3,20,22-23H2,1-2H3,(H,36,40). The number of nitrogens with zero attached hydrogens (tertiary/aromatic N) is 2. The lowest BCUT2D eigenvalue weighted by Crippen LogP contribution is -2.53. The summed E-state index contributed by atoms with van der Waals surface area (Å²) in [6.45, 7) is 3.62. The van der Waals surface area contributed by atoms with E-state index in [-0.39, 0.29) is 34.5 Å². The molecule has 0 fully saturated rings. The molecule has 1 N–H and O–H groups in total. The topological polar surface area (TPSA) is 86.8 Å². The smallest absolute Gasteiger partial charge is 0.264 e. The Morgan fingerprint density at radius 3 is 2.07 bits per heavy atom. The van der Waals surface area contributed by atoms with Crippen LogP contribution >= 0.6 is 23.2 Å². The molecule has 0 saturated carbocycles. The maximum absolute atomic E-state index is 14.4. The van der Waals surface area contributed by atoms with Gasteiger partial charge in [-0.2, -0.15) is 0 Å². The Kier molecular flexibility index (Phi) is 10.9. The lowest BCUT2D eigenvalue weighted by Gasteiger charge is -2.34. The Labute approximate surface area is 263 Å². The molecule has 0 aliphatic carbocycles. The van der Waals surface area contributed by atoms with Gasteiger partial charge in [-0.25, -0.2) is 8.42 Å². The SMILES string of the molecule is CCNC(=O)C(Cc1ccccc1)N(Cc1ccc(C)cc1)C(=O)CN(c1ccc(Cl)cc1Cl)S(=O)(=O)c1ccccc1. The van der Waals surface area contributed by atoms with Gasteiger partial charge in [-0.05, 0) is 55.3 Å². The van der Waals surface area contributed by atoms with Crippen molar-refractivity contribution in [1.29, 1.82) is 0 Å². The van der Waals surface area contributed by atoms with E-state index in [2.05, 4.69) is 5.32 Å². The van der Waals surface area contributed by atoms with Crippen molar-refractivity contribution >= 4 is 50.7 Å². The number of anilines is 1. The summed E-state index contributed by atoms with van der Waals surface area (Å²) in [5, 5.41) is 3.23. The molecule has 0 radical (unpaired) electrons. The van der Waals surface area contributed by atoms with Crippen LogP contribution in [-0.4, -0.2) is 44.3 Å². The first-order chi connectivity index (χ1) is 20.6. The van der Waals surface area contributed by atoms with Crippen LogP contribution in [0.15, 0.2) is 108 Å². The van der Waals surface area contributed by atoms with Crippen LogP contribution in [0.25, 0.3) is 0 Å². The maximum atomic E-state index is 14.4. The summed E-state index contributed by atoms with van der Waals surface area (Å²) in [6.07, 6.45) is 0.234. The normalized spacial score (nSPS) is 11.9. The van der Waals surface area contributed by atoms with Gasteiger partial charge in [-0.15, -0.1) is 0 Å². The molecule has 4 rings (SSSR count). The zero-order valence-corrected chi connectivity index (χ0v) is 26.2. The molecule has 0 bridgehead atoms. The Hall–Kier alpha value is -3.85. The van der Waals surface area contributed by atoms with E-state index in [1.165, 1.54) is 35.2 Å². The van der Waals surface area contributed by atoms with Gasteiger partial charge in [0.1, 0.15) is 12.6 Å². The highest BCUT2D eigenvalue weighted by atomic mass is 35.5. The molecule has 0 spiro atoms. The highest BCUT2D eigenvalue weighted by Gasteiger charge is 2.35. The maximum Gasteiger partial charge on any atom is 0.264 e. The molecule has 0 aliphatic heterocycles. The van der Waals surface area contributed by atoms with Crippen LogP contribution in [0, 0.1) is 6.92 Å². The first kappa shape index (κ1) is 32.1. The van der Waals surface area contributed by atoms with E-state index in [4.69, 9.17) is 23.2 Å². The zero-order valence-electron chi connectivity index (χ0n) is 23.9. The highest BCUT2D eigenvalue weighted by molar-refractivity contribution is 7.92. The van der Waals surface area contributed by atoms with Crippen LogP contribution in [0.1, 0.15) is 23.6 Å². The monoisotopic (exact) mass is 637 g/mol. The molecule has 7 nitrogen and oxygen atoms in total. The molecule has 10 heteroatoms. The molecular weight excluding hydrogens is 605 g/mol. The van der Waals surface area contributed by atoms with Crippen molar-refractivity contribution in [2.45, 2.75) is 37.8 Å². The summed E-state index contributed by atoms with van der Waals surface area (Å²) in [4.78, 5) is 29.3. The van der Waals surface area contributed by atoms with Crippen LogP contribution in [0.4, 0.5) is 5.69 Å². The van der Waals surface area contributed by atoms with E-state index >= 15 is 0 Å². The number of benzene rings is 4. The van der Waals surface area contributed by atoms with Gasteiger partial charge in [0, 0.05) is 24.5 Å². The number of carbonyl (C=O) groups excluding carboxylic acids is 2. The number of hydrogen-bond acceptors (Lipinski definition) is 4. The van der Waals surface area contributed by atoms with Gasteiger partial charge in [0.25, 0.3) is 10.0 Å². The van der Waals surface area contributed by atoms with Gasteiger partial charge in [-0.1, -0.05) is 102 Å². The van der Waals surface area contributed by atoms with Crippen LogP contribution in [0.5, 0.6) is 0 Å². The second kappa shape index (κ2) is 14.6. The minimum absolute atomic E-state index is 0.0107. The van der Waals surface area contributed by atoms with E-state index in [0.717, 1.165) is 21.0 Å². The number of rotatable bonds is 12. The van der Waals surface area contributed by atoms with Crippen LogP contribution in [0.2, 0.25) is 10.0 Å². The second-order valence-electron chi connectivity index (χ2n) is 10.0. The average Bonchev–Trinajstić information content (AvgIpc) is 3.00. The summed E-state index contributed by atoms with van der Waals surface area (Å²) >= 11 is 12.6. The van der Waals surface area contributed by atoms with E-state index in [1.54, 1.807) is 25.1 Å². The van der Waals surface area contributed by atoms with Crippen molar-refractivity contribution in [3.05, 3.63) is 130 Å². The molecule has 4 aromatic rings. The summed E-state index contributed by atoms with van der Waals surface area (Å²) in [6, 6.07) is 28.3. The zero-order chi connectivity index (χ0) is 31.0. The van der Waals surface area contributed by atoms with E-state index in [1.807, 2.05) is 61.5 Å². The summed E-state index contributed by atoms with van der Waals surface area (Å²) < 4.78 is 29.0. The third-order valence-electron chi connectivity index (χ3n) is 6.88. The van der Waals surface area contributed by atoms with Crippen molar-refractivity contribution in [2.75, 3.05) is 17.4 Å². The predicted octanol–water partition coefficient (Wildman–Crippen LogP) is 6.27. The molecule has 0 saturated heterocycles. The molecule has 0 heterocycles. The van der Waals surface area contributed by atoms with Crippen molar-refractivity contribution < 1.29 is 18.0 Å². The number of halogens is 2. The first-order valence-electron chi connectivity index (χ1n) is 13.8. The fraction of sp³-hybridized carbons (Fsp3) is 0.212. The molecule has 4 aromatic carbocycles. The number of nitrogens with one attached hydrogen (secondary N) is 1. The number of carbonyl (C=O) groups is 2. The van der Waals surface area contributed by atoms with Crippen LogP contribution < -0.4 is 9.62 Å². The number of likely N-dealkylation sites (N-methyl/N-ethyl adjacent to an activating group) is 1. The molecule has 1 atom stereocenters. The van der Waals surface area contributed by atoms with Gasteiger partial charge >= 0.3 is 0 Å². The molecular formula is C33H33Cl2N3O4S. The van der Waals surface area contributed by atoms with E-state index < -0.39 is 28.5 Å². The van der Waals surface area contributed by atoms with Crippen LogP contribution in [-0.2, 0) is 32.6 Å². The summed E-state index contributed by atoms with van der Waals surface area (Å²) in [5.41, 5.74) is 2.79. The molecule has 43 heavy (non-hydrogen) atoms. The number of sulfonamides is 1. The highest BCUT2D eigenvalue weighted by Crippen LogP contribution is 2.33. The Balaban J connectivity index is 1.81. The van der Waals surface area contributed by atoms with Crippen molar-refractivity contribution in [3.8, 4) is 0 Å². The lowest BCUT2D eigenvalue weighted by atomic mass is 10.0. The van der Waals surface area contributed by atoms with Crippen molar-refractivity contribution in [2.24, 2.45) is 0 Å². The minimum Gasteiger partial charge on any atom is -0.355 e. The first-order valence-corrected chi connectivity index (χ1v) is 16.0. The van der Waals surface area contributed by atoms with Crippen LogP contribution in [0.3, 0.4) is 0 Å². The fourth-order valence-corrected chi connectivity index (χ4v) is 6.67. The molecule has 0 aromatic heterocycles. The third-order valence-corrected chi connectivity index (χ3v) is 9.20. The number of hydrogen-bond donors (Lipinski definition) is 1.